The molecule has 0 aliphatic heterocycles. The number of hydrogen-bond donors (Lipinski definition) is 0. The maximum absolute atomic E-state index is 14.0. The van der Waals surface area contributed by atoms with Gasteiger partial charge in [-0.15, -0.1) is 13.2 Å². The summed E-state index contributed by atoms with van der Waals surface area (Å²) in [7, 11) is 0. The molecule has 0 atom stereocenters. The predicted molar refractivity (Wildman–Crippen MR) is 117 cm³/mol. The van der Waals surface area contributed by atoms with Crippen LogP contribution in [-0.2, 0) is 0 Å². The third-order valence-corrected chi connectivity index (χ3v) is 7.29. The molecule has 1 nitrogen and oxygen atoms in total. The highest BCUT2D eigenvalue weighted by molar-refractivity contribution is 5.31. The normalized spacial score (nSPS) is 27.0. The van der Waals surface area contributed by atoms with Gasteiger partial charge < -0.3 is 4.74 Å². The van der Waals surface area contributed by atoms with Crippen molar-refractivity contribution in [2.75, 3.05) is 6.67 Å². The Hall–Kier alpha value is -1.59. The molecule has 2 aliphatic rings. The van der Waals surface area contributed by atoms with E-state index in [0.717, 1.165) is 49.7 Å². The molecule has 0 N–H and O–H groups in total. The van der Waals surface area contributed by atoms with E-state index in [-0.39, 0.29) is 12.6 Å². The first-order chi connectivity index (χ1) is 15.3. The highest BCUT2D eigenvalue weighted by Crippen LogP contribution is 2.41. The summed E-state index contributed by atoms with van der Waals surface area (Å²) < 4.78 is 66.9. The molecule has 0 unspecified atom stereocenters. The zero-order valence-electron chi connectivity index (χ0n) is 18.7. The van der Waals surface area contributed by atoms with Gasteiger partial charge in [0, 0.05) is 0 Å². The molecule has 1 aromatic rings. The molecule has 32 heavy (non-hydrogen) atoms. The molecule has 0 heterocycles. The molecule has 0 bridgehead atoms. The molecule has 2 aliphatic carbocycles. The number of halogens is 5. The first kappa shape index (κ1) is 25.0. The second kappa shape index (κ2) is 12.0. The Bertz CT molecular complexity index is 713. The monoisotopic (exact) mass is 458 g/mol. The van der Waals surface area contributed by atoms with Crippen LogP contribution < -0.4 is 4.74 Å². The van der Waals surface area contributed by atoms with Gasteiger partial charge in [0.1, 0.15) is 0 Å². The number of rotatable bonds is 9. The first-order valence-corrected chi connectivity index (χ1v) is 12.1. The first-order valence-electron chi connectivity index (χ1n) is 12.1. The lowest BCUT2D eigenvalue weighted by molar-refractivity contribution is -0.275. The minimum atomic E-state index is -4.88. The molecule has 3 rings (SSSR count). The predicted octanol–water partition coefficient (Wildman–Crippen LogP) is 8.89. The molecule has 6 heteroatoms. The minimum Gasteiger partial charge on any atom is -0.403 e. The zero-order chi connectivity index (χ0) is 23.0. The van der Waals surface area contributed by atoms with E-state index in [2.05, 4.69) is 16.9 Å². The van der Waals surface area contributed by atoms with Crippen molar-refractivity contribution in [3.05, 3.63) is 41.7 Å². The summed E-state index contributed by atoms with van der Waals surface area (Å²) >= 11 is 0. The molecule has 0 amide bonds. The SMILES string of the molecule is FCCCC=C[C@H]1CC[C@H](CC[C@H]2CC[C@H](c3ccc(OC(F)(F)F)c(F)c3)CC2)CC1. The van der Waals surface area contributed by atoms with Crippen LogP contribution in [0.4, 0.5) is 22.0 Å². The molecule has 0 aromatic heterocycles. The van der Waals surface area contributed by atoms with Crippen LogP contribution in [0, 0.1) is 23.6 Å². The fourth-order valence-corrected chi connectivity index (χ4v) is 5.39. The van der Waals surface area contributed by atoms with Crippen molar-refractivity contribution >= 4 is 0 Å². The van der Waals surface area contributed by atoms with Gasteiger partial charge in [-0.1, -0.05) is 31.1 Å². The van der Waals surface area contributed by atoms with Crippen molar-refractivity contribution in [1.82, 2.24) is 0 Å². The van der Waals surface area contributed by atoms with Gasteiger partial charge >= 0.3 is 6.36 Å². The van der Waals surface area contributed by atoms with Crippen molar-refractivity contribution in [3.8, 4) is 5.75 Å². The summed E-state index contributed by atoms with van der Waals surface area (Å²) in [5.41, 5.74) is 0.772. The summed E-state index contributed by atoms with van der Waals surface area (Å²) in [6.07, 6.45) is 12.7. The second-order valence-electron chi connectivity index (χ2n) is 9.57. The standard InChI is InChI=1S/C26H35F5O/c27-17-3-1-2-4-19-5-7-20(8-6-19)9-10-21-11-13-22(14-12-21)23-15-16-25(24(28)18-23)32-26(29,30)31/h2,4,15-16,18-22H,1,3,5-14,17H2/t19-,20-,21-,22-. The molecular formula is C26H35F5O. The highest BCUT2D eigenvalue weighted by Gasteiger charge is 2.33. The fourth-order valence-electron chi connectivity index (χ4n) is 5.39. The van der Waals surface area contributed by atoms with Crippen LogP contribution in [0.25, 0.3) is 0 Å². The summed E-state index contributed by atoms with van der Waals surface area (Å²) in [6, 6.07) is 3.87. The van der Waals surface area contributed by atoms with E-state index in [4.69, 9.17) is 0 Å². The lowest BCUT2D eigenvalue weighted by Gasteiger charge is -2.31. The smallest absolute Gasteiger partial charge is 0.403 e. The average Bonchev–Trinajstić information content (AvgIpc) is 2.77. The molecule has 2 saturated carbocycles. The minimum absolute atomic E-state index is 0.209. The van der Waals surface area contributed by atoms with Crippen molar-refractivity contribution in [2.24, 2.45) is 17.8 Å². The van der Waals surface area contributed by atoms with Gasteiger partial charge in [-0.25, -0.2) is 4.39 Å². The van der Waals surface area contributed by atoms with E-state index in [1.54, 1.807) is 6.07 Å². The van der Waals surface area contributed by atoms with E-state index in [1.165, 1.54) is 44.6 Å². The van der Waals surface area contributed by atoms with Crippen molar-refractivity contribution in [3.63, 3.8) is 0 Å². The van der Waals surface area contributed by atoms with Gasteiger partial charge in [-0.2, -0.15) is 0 Å². The van der Waals surface area contributed by atoms with Gasteiger partial charge in [-0.05, 0) is 106 Å². The second-order valence-corrected chi connectivity index (χ2v) is 9.57. The molecule has 0 spiro atoms. The van der Waals surface area contributed by atoms with Crippen LogP contribution in [0.3, 0.4) is 0 Å². The Balaban J connectivity index is 1.36. The number of unbranched alkanes of at least 4 members (excludes halogenated alkanes) is 1. The molecular weight excluding hydrogens is 423 g/mol. The highest BCUT2D eigenvalue weighted by atomic mass is 19.4. The number of benzene rings is 1. The van der Waals surface area contributed by atoms with E-state index >= 15 is 0 Å². The number of allylic oxidation sites excluding steroid dienone is 2. The summed E-state index contributed by atoms with van der Waals surface area (Å²) in [6.45, 7) is -0.237. The number of hydrogen-bond acceptors (Lipinski definition) is 1. The van der Waals surface area contributed by atoms with Crippen LogP contribution in [0.1, 0.15) is 88.5 Å². The van der Waals surface area contributed by atoms with E-state index in [0.29, 0.717) is 18.3 Å². The number of alkyl halides is 4. The van der Waals surface area contributed by atoms with E-state index in [1.807, 2.05) is 0 Å². The number of ether oxygens (including phenoxy) is 1. The van der Waals surface area contributed by atoms with Gasteiger partial charge in [0.05, 0.1) is 6.67 Å². The third-order valence-electron chi connectivity index (χ3n) is 7.29. The van der Waals surface area contributed by atoms with Gasteiger partial charge in [-0.3, -0.25) is 4.39 Å². The van der Waals surface area contributed by atoms with Crippen LogP contribution in [0.5, 0.6) is 5.75 Å². The van der Waals surface area contributed by atoms with E-state index < -0.39 is 17.9 Å². The molecule has 2 fully saturated rings. The Labute approximate surface area is 188 Å². The Morgan fingerprint density at radius 1 is 0.906 bits per heavy atom. The maximum Gasteiger partial charge on any atom is 0.573 e. The third kappa shape index (κ3) is 8.08. The van der Waals surface area contributed by atoms with Crippen LogP contribution in [0.2, 0.25) is 0 Å². The summed E-state index contributed by atoms with van der Waals surface area (Å²) in [5, 5.41) is 0. The summed E-state index contributed by atoms with van der Waals surface area (Å²) in [5.74, 6) is 0.658. The van der Waals surface area contributed by atoms with Gasteiger partial charge in [0.15, 0.2) is 11.6 Å². The Morgan fingerprint density at radius 2 is 1.53 bits per heavy atom. The van der Waals surface area contributed by atoms with Crippen LogP contribution in [-0.4, -0.2) is 13.0 Å². The van der Waals surface area contributed by atoms with Crippen molar-refractivity contribution in [2.45, 2.75) is 89.3 Å². The lowest BCUT2D eigenvalue weighted by Crippen LogP contribution is -2.18. The molecule has 0 radical (unpaired) electrons. The van der Waals surface area contributed by atoms with Gasteiger partial charge in [0.25, 0.3) is 0 Å². The largest absolute Gasteiger partial charge is 0.573 e. The zero-order valence-corrected chi connectivity index (χ0v) is 18.7. The van der Waals surface area contributed by atoms with Crippen molar-refractivity contribution < 1.29 is 26.7 Å². The topological polar surface area (TPSA) is 9.23 Å². The molecule has 180 valence electrons. The maximum atomic E-state index is 14.0. The molecule has 0 saturated heterocycles. The molecule has 1 aromatic carbocycles. The Morgan fingerprint density at radius 3 is 2.09 bits per heavy atom. The Kier molecular flexibility index (Phi) is 9.42. The average molecular weight is 459 g/mol. The summed E-state index contributed by atoms with van der Waals surface area (Å²) in [4.78, 5) is 0. The van der Waals surface area contributed by atoms with Crippen LogP contribution >= 0.6 is 0 Å². The van der Waals surface area contributed by atoms with Crippen molar-refractivity contribution in [1.29, 1.82) is 0 Å². The quantitative estimate of drug-likeness (QED) is 0.204. The van der Waals surface area contributed by atoms with E-state index in [9.17, 15) is 22.0 Å². The lowest BCUT2D eigenvalue weighted by atomic mass is 9.74. The van der Waals surface area contributed by atoms with Crippen LogP contribution in [0.15, 0.2) is 30.4 Å². The fraction of sp³-hybridized carbons (Fsp3) is 0.692. The van der Waals surface area contributed by atoms with Gasteiger partial charge in [0.2, 0.25) is 0 Å².